The maximum absolute atomic E-state index is 5.23. The van der Waals surface area contributed by atoms with Gasteiger partial charge in [-0.05, 0) is 56.0 Å². The highest BCUT2D eigenvalue weighted by atomic mass is 16.5. The molecule has 7 nitrogen and oxygen atoms in total. The van der Waals surface area contributed by atoms with Gasteiger partial charge >= 0.3 is 0 Å². The lowest BCUT2D eigenvalue weighted by Crippen LogP contribution is -2.38. The summed E-state index contributed by atoms with van der Waals surface area (Å²) in [6.45, 7) is 8.11. The number of hydrogen-bond acceptors (Lipinski definition) is 4. The maximum atomic E-state index is 5.23. The van der Waals surface area contributed by atoms with E-state index in [1.54, 1.807) is 7.11 Å². The Morgan fingerprint density at radius 1 is 1.03 bits per heavy atom. The van der Waals surface area contributed by atoms with Gasteiger partial charge in [0.05, 0.1) is 20.2 Å². The smallest absolute Gasteiger partial charge is 0.191 e. The van der Waals surface area contributed by atoms with Crippen LogP contribution in [0.4, 0.5) is 0 Å². The molecule has 0 radical (unpaired) electrons. The molecule has 0 saturated carbocycles. The number of aryl methyl sites for hydroxylation is 3. The molecule has 0 atom stereocenters. The largest absolute Gasteiger partial charge is 0.497 e. The lowest BCUT2D eigenvalue weighted by Gasteiger charge is -2.13. The van der Waals surface area contributed by atoms with Gasteiger partial charge in [-0.15, -0.1) is 10.2 Å². The molecule has 0 fully saturated rings. The number of aliphatic imine (C=N–C) groups is 1. The van der Waals surface area contributed by atoms with Gasteiger partial charge in [0, 0.05) is 13.6 Å². The van der Waals surface area contributed by atoms with Crippen LogP contribution in [0.3, 0.4) is 0 Å². The van der Waals surface area contributed by atoms with Gasteiger partial charge in [-0.2, -0.15) is 0 Å². The van der Waals surface area contributed by atoms with Gasteiger partial charge < -0.3 is 19.9 Å². The fourth-order valence-corrected chi connectivity index (χ4v) is 3.25. The van der Waals surface area contributed by atoms with Gasteiger partial charge in [0.25, 0.3) is 0 Å². The molecule has 3 rings (SSSR count). The van der Waals surface area contributed by atoms with Crippen molar-refractivity contribution >= 4 is 5.96 Å². The molecular formula is C24H32N6O. The fraction of sp³-hybridized carbons (Fsp3) is 0.375. The van der Waals surface area contributed by atoms with Crippen molar-refractivity contribution < 1.29 is 4.74 Å². The van der Waals surface area contributed by atoms with E-state index in [0.29, 0.717) is 13.1 Å². The monoisotopic (exact) mass is 420 g/mol. The number of hydrogen-bond donors (Lipinski definition) is 2. The molecule has 164 valence electrons. The second kappa shape index (κ2) is 10.6. The topological polar surface area (TPSA) is 76.4 Å². The first kappa shape index (κ1) is 22.3. The quantitative estimate of drug-likeness (QED) is 0.432. The molecule has 2 aromatic carbocycles. The second-order valence-corrected chi connectivity index (χ2v) is 7.70. The predicted molar refractivity (Wildman–Crippen MR) is 124 cm³/mol. The number of nitrogens with one attached hydrogen (secondary N) is 2. The number of benzene rings is 2. The van der Waals surface area contributed by atoms with E-state index < -0.39 is 0 Å². The zero-order chi connectivity index (χ0) is 22.2. The predicted octanol–water partition coefficient (Wildman–Crippen LogP) is 3.23. The van der Waals surface area contributed by atoms with Crippen LogP contribution in [0.5, 0.6) is 5.75 Å². The molecule has 3 aromatic rings. The van der Waals surface area contributed by atoms with Crippen LogP contribution < -0.4 is 15.4 Å². The molecule has 0 amide bonds. The third kappa shape index (κ3) is 6.31. The summed E-state index contributed by atoms with van der Waals surface area (Å²) in [5.74, 6) is 3.38. The molecule has 2 N–H and O–H groups in total. The summed E-state index contributed by atoms with van der Waals surface area (Å²) in [5, 5.41) is 15.2. The van der Waals surface area contributed by atoms with Crippen LogP contribution in [-0.4, -0.2) is 34.4 Å². The van der Waals surface area contributed by atoms with Crippen LogP contribution in [0.2, 0.25) is 0 Å². The minimum atomic E-state index is 0.554. The molecule has 0 unspecified atom stereocenters. The normalized spacial score (nSPS) is 11.5. The summed E-state index contributed by atoms with van der Waals surface area (Å²) in [6.07, 6.45) is 0.886. The Labute approximate surface area is 184 Å². The average molecular weight is 421 g/mol. The minimum Gasteiger partial charge on any atom is -0.497 e. The maximum Gasteiger partial charge on any atom is 0.191 e. The second-order valence-electron chi connectivity index (χ2n) is 7.70. The first-order valence-corrected chi connectivity index (χ1v) is 10.5. The first-order valence-electron chi connectivity index (χ1n) is 10.5. The Balaban J connectivity index is 1.65. The number of aromatic nitrogens is 3. The van der Waals surface area contributed by atoms with E-state index in [4.69, 9.17) is 9.73 Å². The van der Waals surface area contributed by atoms with Gasteiger partial charge in [0.1, 0.15) is 11.6 Å². The summed E-state index contributed by atoms with van der Waals surface area (Å²) in [7, 11) is 3.65. The Morgan fingerprint density at radius 2 is 1.81 bits per heavy atom. The average Bonchev–Trinajstić information content (AvgIpc) is 3.09. The van der Waals surface area contributed by atoms with Crippen molar-refractivity contribution in [2.75, 3.05) is 13.7 Å². The highest BCUT2D eigenvalue weighted by Crippen LogP contribution is 2.12. The van der Waals surface area contributed by atoms with Crippen LogP contribution in [0.15, 0.2) is 47.5 Å². The molecule has 7 heteroatoms. The van der Waals surface area contributed by atoms with E-state index in [-0.39, 0.29) is 0 Å². The van der Waals surface area contributed by atoms with E-state index in [1.807, 2.05) is 30.7 Å². The van der Waals surface area contributed by atoms with Gasteiger partial charge in [0.15, 0.2) is 11.8 Å². The fourth-order valence-electron chi connectivity index (χ4n) is 3.25. The molecule has 0 bridgehead atoms. The Morgan fingerprint density at radius 3 is 2.45 bits per heavy atom. The SMILES string of the molecule is COc1ccc(CCNC(=NCc2ccc(C)cc2C)NCc2nnc(C)n2C)cc1. The van der Waals surface area contributed by atoms with Crippen molar-refractivity contribution in [2.24, 2.45) is 12.0 Å². The summed E-state index contributed by atoms with van der Waals surface area (Å²) in [6, 6.07) is 14.6. The van der Waals surface area contributed by atoms with E-state index in [0.717, 1.165) is 36.3 Å². The molecule has 0 aliphatic heterocycles. The van der Waals surface area contributed by atoms with Crippen molar-refractivity contribution in [3.05, 3.63) is 76.4 Å². The van der Waals surface area contributed by atoms with E-state index >= 15 is 0 Å². The van der Waals surface area contributed by atoms with E-state index in [1.165, 1.54) is 22.3 Å². The molecule has 0 aliphatic carbocycles. The number of rotatable bonds is 8. The molecule has 0 saturated heterocycles. The molecule has 1 heterocycles. The van der Waals surface area contributed by atoms with E-state index in [9.17, 15) is 0 Å². The van der Waals surface area contributed by atoms with Crippen molar-refractivity contribution in [3.63, 3.8) is 0 Å². The Kier molecular flexibility index (Phi) is 7.65. The Hall–Kier alpha value is -3.35. The van der Waals surface area contributed by atoms with Crippen LogP contribution in [-0.2, 0) is 26.6 Å². The highest BCUT2D eigenvalue weighted by molar-refractivity contribution is 5.79. The number of guanidine groups is 1. The summed E-state index contributed by atoms with van der Waals surface area (Å²) < 4.78 is 7.21. The summed E-state index contributed by atoms with van der Waals surface area (Å²) in [4.78, 5) is 4.81. The van der Waals surface area contributed by atoms with Crippen molar-refractivity contribution in [3.8, 4) is 5.75 Å². The summed E-state index contributed by atoms with van der Waals surface area (Å²) >= 11 is 0. The van der Waals surface area contributed by atoms with Gasteiger partial charge in [0.2, 0.25) is 0 Å². The third-order valence-corrected chi connectivity index (χ3v) is 5.37. The van der Waals surface area contributed by atoms with Crippen molar-refractivity contribution in [1.29, 1.82) is 0 Å². The van der Waals surface area contributed by atoms with Crippen LogP contribution >= 0.6 is 0 Å². The number of nitrogens with zero attached hydrogens (tertiary/aromatic N) is 4. The molecule has 1 aromatic heterocycles. The molecular weight excluding hydrogens is 388 g/mol. The van der Waals surface area contributed by atoms with Crippen LogP contribution in [0, 0.1) is 20.8 Å². The van der Waals surface area contributed by atoms with Gasteiger partial charge in [-0.25, -0.2) is 4.99 Å². The third-order valence-electron chi connectivity index (χ3n) is 5.37. The molecule has 0 aliphatic rings. The van der Waals surface area contributed by atoms with Crippen LogP contribution in [0.25, 0.3) is 0 Å². The zero-order valence-electron chi connectivity index (χ0n) is 19.1. The van der Waals surface area contributed by atoms with Gasteiger partial charge in [-0.1, -0.05) is 35.9 Å². The van der Waals surface area contributed by atoms with Gasteiger partial charge in [-0.3, -0.25) is 0 Å². The Bertz CT molecular complexity index is 1020. The number of methoxy groups -OCH3 is 1. The van der Waals surface area contributed by atoms with E-state index in [2.05, 4.69) is 65.0 Å². The minimum absolute atomic E-state index is 0.554. The molecule has 0 spiro atoms. The lowest BCUT2D eigenvalue weighted by molar-refractivity contribution is 0.414. The summed E-state index contributed by atoms with van der Waals surface area (Å²) in [5.41, 5.74) is 4.98. The molecule has 31 heavy (non-hydrogen) atoms. The zero-order valence-corrected chi connectivity index (χ0v) is 19.1. The number of ether oxygens (including phenoxy) is 1. The van der Waals surface area contributed by atoms with Crippen LogP contribution in [0.1, 0.15) is 33.9 Å². The lowest BCUT2D eigenvalue weighted by atomic mass is 10.1. The first-order chi connectivity index (χ1) is 15.0. The standard InChI is InChI=1S/C24H32N6O/c1-17-6-9-21(18(2)14-17)15-26-24(27-16-23-29-28-19(3)30(23)4)25-13-12-20-7-10-22(31-5)11-8-20/h6-11,14H,12-13,15-16H2,1-5H3,(H2,25,26,27). The highest BCUT2D eigenvalue weighted by Gasteiger charge is 2.07. The van der Waals surface area contributed by atoms with Crippen molar-refractivity contribution in [1.82, 2.24) is 25.4 Å². The van der Waals surface area contributed by atoms with Crippen molar-refractivity contribution in [2.45, 2.75) is 40.3 Å².